The van der Waals surface area contributed by atoms with Crippen molar-refractivity contribution in [3.05, 3.63) is 23.8 Å². The van der Waals surface area contributed by atoms with Gasteiger partial charge in [0.1, 0.15) is 6.04 Å². The summed E-state index contributed by atoms with van der Waals surface area (Å²) < 4.78 is 10.4. The third kappa shape index (κ3) is 5.93. The van der Waals surface area contributed by atoms with Crippen LogP contribution in [-0.2, 0) is 11.3 Å². The number of ether oxygens (including phenoxy) is 2. The van der Waals surface area contributed by atoms with Crippen molar-refractivity contribution in [2.45, 2.75) is 46.2 Å². The zero-order valence-electron chi connectivity index (χ0n) is 14.1. The average molecular weight is 309 g/mol. The average Bonchev–Trinajstić information content (AvgIpc) is 2.45. The predicted molar refractivity (Wildman–Crippen MR) is 86.5 cm³/mol. The summed E-state index contributed by atoms with van der Waals surface area (Å²) in [4.78, 5) is 11.4. The highest BCUT2D eigenvalue weighted by molar-refractivity contribution is 5.73. The molecule has 0 amide bonds. The van der Waals surface area contributed by atoms with Crippen LogP contribution in [0.5, 0.6) is 11.5 Å². The smallest absolute Gasteiger partial charge is 0.320 e. The van der Waals surface area contributed by atoms with E-state index in [2.05, 4.69) is 26.1 Å². The molecule has 0 saturated carbocycles. The summed E-state index contributed by atoms with van der Waals surface area (Å²) in [5.74, 6) is 0.488. The fraction of sp³-hybridized carbons (Fsp3) is 0.588. The molecule has 0 aliphatic rings. The number of hydrogen-bond donors (Lipinski definition) is 2. The minimum atomic E-state index is -0.815. The summed E-state index contributed by atoms with van der Waals surface area (Å²) >= 11 is 0. The molecule has 1 atom stereocenters. The van der Waals surface area contributed by atoms with E-state index in [1.54, 1.807) is 14.2 Å². The molecular weight excluding hydrogens is 282 g/mol. The van der Waals surface area contributed by atoms with Crippen LogP contribution >= 0.6 is 0 Å². The van der Waals surface area contributed by atoms with Crippen molar-refractivity contribution in [2.75, 3.05) is 14.2 Å². The van der Waals surface area contributed by atoms with Gasteiger partial charge < -0.3 is 19.9 Å². The third-order valence-corrected chi connectivity index (χ3v) is 3.48. The first kappa shape index (κ1) is 18.3. The van der Waals surface area contributed by atoms with Crippen LogP contribution in [0, 0.1) is 5.41 Å². The Balaban J connectivity index is 2.67. The first-order valence-electron chi connectivity index (χ1n) is 7.44. The van der Waals surface area contributed by atoms with Gasteiger partial charge in [-0.15, -0.1) is 0 Å². The van der Waals surface area contributed by atoms with E-state index < -0.39 is 12.0 Å². The molecule has 0 fully saturated rings. The van der Waals surface area contributed by atoms with Crippen LogP contribution in [0.15, 0.2) is 18.2 Å². The van der Waals surface area contributed by atoms with Gasteiger partial charge in [-0.2, -0.15) is 0 Å². The molecule has 1 unspecified atom stereocenters. The molecule has 1 rings (SSSR count). The summed E-state index contributed by atoms with van der Waals surface area (Å²) in [7, 11) is 3.17. The van der Waals surface area contributed by atoms with E-state index in [0.717, 1.165) is 12.0 Å². The van der Waals surface area contributed by atoms with Crippen molar-refractivity contribution in [2.24, 2.45) is 5.41 Å². The van der Waals surface area contributed by atoms with E-state index >= 15 is 0 Å². The molecule has 124 valence electrons. The number of hydrogen-bond acceptors (Lipinski definition) is 4. The summed E-state index contributed by atoms with van der Waals surface area (Å²) in [6.45, 7) is 6.81. The van der Waals surface area contributed by atoms with Gasteiger partial charge in [0.25, 0.3) is 0 Å². The van der Waals surface area contributed by atoms with Gasteiger partial charge in [-0.25, -0.2) is 0 Å². The Kier molecular flexibility index (Phi) is 6.68. The Hall–Kier alpha value is -1.75. The normalized spacial score (nSPS) is 12.8. The van der Waals surface area contributed by atoms with E-state index in [0.29, 0.717) is 24.5 Å². The van der Waals surface area contributed by atoms with Crippen molar-refractivity contribution in [3.63, 3.8) is 0 Å². The molecule has 0 aliphatic heterocycles. The molecule has 0 bridgehead atoms. The summed E-state index contributed by atoms with van der Waals surface area (Å²) in [5, 5.41) is 12.4. The van der Waals surface area contributed by atoms with Crippen LogP contribution in [0.3, 0.4) is 0 Å². The van der Waals surface area contributed by atoms with Gasteiger partial charge in [-0.1, -0.05) is 26.8 Å². The lowest BCUT2D eigenvalue weighted by molar-refractivity contribution is -0.139. The molecule has 0 radical (unpaired) electrons. The zero-order chi connectivity index (χ0) is 16.8. The Bertz CT molecular complexity index is 494. The molecule has 0 aromatic heterocycles. The standard InChI is InChI=1S/C17H27NO4/c1-17(2,3)9-8-13(16(19)20)18-11-12-6-7-14(21-4)15(10-12)22-5/h6-7,10,13,18H,8-9,11H2,1-5H3,(H,19,20). The monoisotopic (exact) mass is 309 g/mol. The van der Waals surface area contributed by atoms with Gasteiger partial charge in [0.15, 0.2) is 11.5 Å². The fourth-order valence-corrected chi connectivity index (χ4v) is 2.12. The SMILES string of the molecule is COc1ccc(CNC(CCC(C)(C)C)C(=O)O)cc1OC. The second-order valence-corrected chi connectivity index (χ2v) is 6.56. The maximum Gasteiger partial charge on any atom is 0.320 e. The van der Waals surface area contributed by atoms with E-state index in [1.165, 1.54) is 0 Å². The van der Waals surface area contributed by atoms with E-state index in [4.69, 9.17) is 9.47 Å². The van der Waals surface area contributed by atoms with E-state index in [9.17, 15) is 9.90 Å². The molecule has 5 heteroatoms. The minimum Gasteiger partial charge on any atom is -0.493 e. The molecular formula is C17H27NO4. The van der Waals surface area contributed by atoms with Crippen LogP contribution in [-0.4, -0.2) is 31.3 Å². The molecule has 0 aliphatic carbocycles. The molecule has 5 nitrogen and oxygen atoms in total. The second-order valence-electron chi connectivity index (χ2n) is 6.56. The zero-order valence-corrected chi connectivity index (χ0v) is 14.1. The number of nitrogens with one attached hydrogen (secondary N) is 1. The van der Waals surface area contributed by atoms with Gasteiger partial charge in [0.05, 0.1) is 14.2 Å². The molecule has 0 saturated heterocycles. The van der Waals surface area contributed by atoms with Gasteiger partial charge in [-0.3, -0.25) is 4.79 Å². The van der Waals surface area contributed by atoms with Gasteiger partial charge in [0.2, 0.25) is 0 Å². The largest absolute Gasteiger partial charge is 0.493 e. The molecule has 2 N–H and O–H groups in total. The number of rotatable bonds is 8. The minimum absolute atomic E-state index is 0.124. The second kappa shape index (κ2) is 8.03. The number of aliphatic carboxylic acids is 1. The highest BCUT2D eigenvalue weighted by Gasteiger charge is 2.20. The van der Waals surface area contributed by atoms with E-state index in [-0.39, 0.29) is 5.41 Å². The van der Waals surface area contributed by atoms with Crippen LogP contribution < -0.4 is 14.8 Å². The number of carboxylic acid groups (broad SMARTS) is 1. The molecule has 1 aromatic rings. The van der Waals surface area contributed by atoms with Crippen molar-refractivity contribution < 1.29 is 19.4 Å². The van der Waals surface area contributed by atoms with Crippen LogP contribution in [0.2, 0.25) is 0 Å². The van der Waals surface area contributed by atoms with Gasteiger partial charge in [0, 0.05) is 6.54 Å². The Labute approximate surface area is 132 Å². The van der Waals surface area contributed by atoms with Crippen LogP contribution in [0.25, 0.3) is 0 Å². The lowest BCUT2D eigenvalue weighted by atomic mass is 9.88. The van der Waals surface area contributed by atoms with Crippen molar-refractivity contribution in [3.8, 4) is 11.5 Å². The Morgan fingerprint density at radius 3 is 2.36 bits per heavy atom. The lowest BCUT2D eigenvalue weighted by Crippen LogP contribution is -2.37. The summed E-state index contributed by atoms with van der Waals surface area (Å²) in [5.41, 5.74) is 1.08. The quantitative estimate of drug-likeness (QED) is 0.772. The first-order chi connectivity index (χ1) is 10.3. The van der Waals surface area contributed by atoms with Crippen molar-refractivity contribution in [1.82, 2.24) is 5.32 Å². The topological polar surface area (TPSA) is 67.8 Å². The van der Waals surface area contributed by atoms with Crippen molar-refractivity contribution >= 4 is 5.97 Å². The third-order valence-electron chi connectivity index (χ3n) is 3.48. The van der Waals surface area contributed by atoms with Crippen molar-refractivity contribution in [1.29, 1.82) is 0 Å². The summed E-state index contributed by atoms with van der Waals surface area (Å²) in [6, 6.07) is 5.03. The number of methoxy groups -OCH3 is 2. The molecule has 22 heavy (non-hydrogen) atoms. The highest BCUT2D eigenvalue weighted by atomic mass is 16.5. The maximum absolute atomic E-state index is 11.4. The number of carbonyl (C=O) groups is 1. The fourth-order valence-electron chi connectivity index (χ4n) is 2.12. The highest BCUT2D eigenvalue weighted by Crippen LogP contribution is 2.27. The van der Waals surface area contributed by atoms with Crippen LogP contribution in [0.1, 0.15) is 39.2 Å². The number of benzene rings is 1. The predicted octanol–water partition coefficient (Wildman–Crippen LogP) is 3.07. The Morgan fingerprint density at radius 2 is 1.86 bits per heavy atom. The summed E-state index contributed by atoms with van der Waals surface area (Å²) in [6.07, 6.45) is 1.45. The number of carboxylic acids is 1. The molecule has 0 spiro atoms. The Morgan fingerprint density at radius 1 is 1.23 bits per heavy atom. The lowest BCUT2D eigenvalue weighted by Gasteiger charge is -2.21. The van der Waals surface area contributed by atoms with Gasteiger partial charge in [-0.05, 0) is 36.0 Å². The van der Waals surface area contributed by atoms with Gasteiger partial charge >= 0.3 is 5.97 Å². The first-order valence-corrected chi connectivity index (χ1v) is 7.44. The maximum atomic E-state index is 11.4. The molecule has 1 aromatic carbocycles. The molecule has 0 heterocycles. The van der Waals surface area contributed by atoms with E-state index in [1.807, 2.05) is 18.2 Å². The van der Waals surface area contributed by atoms with Crippen LogP contribution in [0.4, 0.5) is 0 Å².